The third-order valence-corrected chi connectivity index (χ3v) is 4.85. The monoisotopic (exact) mass is 291 g/mol. The normalized spacial score (nSPS) is 29.0. The van der Waals surface area contributed by atoms with E-state index in [2.05, 4.69) is 4.98 Å². The van der Waals surface area contributed by atoms with E-state index in [1.54, 1.807) is 6.07 Å². The van der Waals surface area contributed by atoms with Gasteiger partial charge in [-0.3, -0.25) is 0 Å². The Morgan fingerprint density at radius 3 is 2.95 bits per heavy atom. The SMILES string of the molecule is Nc1ccc(C(=O)O)nc1N1CCC2(O)CCCCC2C1. The lowest BCUT2D eigenvalue weighted by molar-refractivity contribution is -0.0613. The van der Waals surface area contributed by atoms with Crippen LogP contribution in [-0.2, 0) is 0 Å². The highest BCUT2D eigenvalue weighted by Crippen LogP contribution is 2.41. The van der Waals surface area contributed by atoms with Crippen LogP contribution in [0.2, 0.25) is 0 Å². The minimum Gasteiger partial charge on any atom is -0.477 e. The Bertz CT molecular complexity index is 563. The number of aromatic carboxylic acids is 1. The molecule has 0 bridgehead atoms. The third-order valence-electron chi connectivity index (χ3n) is 4.85. The molecule has 6 heteroatoms. The van der Waals surface area contributed by atoms with Crippen LogP contribution in [0.25, 0.3) is 0 Å². The van der Waals surface area contributed by atoms with E-state index in [0.717, 1.165) is 25.7 Å². The zero-order chi connectivity index (χ0) is 15.0. The lowest BCUT2D eigenvalue weighted by Gasteiger charge is -2.47. The second-order valence-corrected chi connectivity index (χ2v) is 6.16. The number of piperidine rings is 1. The Labute approximate surface area is 123 Å². The molecule has 0 spiro atoms. The molecule has 1 aromatic heterocycles. The third kappa shape index (κ3) is 2.55. The number of hydrogen-bond donors (Lipinski definition) is 3. The molecule has 0 amide bonds. The number of fused-ring (bicyclic) bond motifs is 1. The summed E-state index contributed by atoms with van der Waals surface area (Å²) in [7, 11) is 0. The van der Waals surface area contributed by atoms with Crippen molar-refractivity contribution in [1.29, 1.82) is 0 Å². The van der Waals surface area contributed by atoms with Gasteiger partial charge >= 0.3 is 5.97 Å². The number of aromatic nitrogens is 1. The maximum absolute atomic E-state index is 11.1. The van der Waals surface area contributed by atoms with Crippen LogP contribution in [0.15, 0.2) is 12.1 Å². The average molecular weight is 291 g/mol. The molecule has 1 saturated carbocycles. The fraction of sp³-hybridized carbons (Fsp3) is 0.600. The molecule has 0 aromatic carbocycles. The molecule has 1 aliphatic heterocycles. The summed E-state index contributed by atoms with van der Waals surface area (Å²) in [5, 5.41) is 19.8. The predicted octanol–water partition coefficient (Wildman–Crippen LogP) is 1.49. The highest BCUT2D eigenvalue weighted by molar-refractivity contribution is 5.87. The Morgan fingerprint density at radius 1 is 1.38 bits per heavy atom. The van der Waals surface area contributed by atoms with Crippen LogP contribution in [0, 0.1) is 5.92 Å². The number of carboxylic acids is 1. The van der Waals surface area contributed by atoms with E-state index in [1.807, 2.05) is 4.90 Å². The first-order valence-electron chi connectivity index (χ1n) is 7.47. The first-order chi connectivity index (χ1) is 9.99. The number of carboxylic acid groups (broad SMARTS) is 1. The molecule has 1 aliphatic carbocycles. The van der Waals surface area contributed by atoms with Gasteiger partial charge in [0, 0.05) is 19.0 Å². The van der Waals surface area contributed by atoms with Crippen molar-refractivity contribution in [2.24, 2.45) is 5.92 Å². The lowest BCUT2D eigenvalue weighted by Crippen LogP contribution is -2.53. The molecule has 1 aromatic rings. The van der Waals surface area contributed by atoms with Crippen molar-refractivity contribution in [3.8, 4) is 0 Å². The van der Waals surface area contributed by atoms with Gasteiger partial charge in [-0.2, -0.15) is 0 Å². The number of nitrogens with two attached hydrogens (primary N) is 1. The van der Waals surface area contributed by atoms with Crippen LogP contribution < -0.4 is 10.6 Å². The van der Waals surface area contributed by atoms with Crippen molar-refractivity contribution in [3.63, 3.8) is 0 Å². The fourth-order valence-corrected chi connectivity index (χ4v) is 3.59. The van der Waals surface area contributed by atoms with Gasteiger partial charge in [-0.15, -0.1) is 0 Å². The molecule has 2 aliphatic rings. The van der Waals surface area contributed by atoms with E-state index in [-0.39, 0.29) is 11.6 Å². The van der Waals surface area contributed by atoms with Gasteiger partial charge in [0.1, 0.15) is 0 Å². The van der Waals surface area contributed by atoms with Gasteiger partial charge in [0.05, 0.1) is 11.3 Å². The van der Waals surface area contributed by atoms with Crippen molar-refractivity contribution in [2.75, 3.05) is 23.7 Å². The summed E-state index contributed by atoms with van der Waals surface area (Å²) >= 11 is 0. The highest BCUT2D eigenvalue weighted by Gasteiger charge is 2.43. The quantitative estimate of drug-likeness (QED) is 0.763. The van der Waals surface area contributed by atoms with Crippen molar-refractivity contribution in [2.45, 2.75) is 37.7 Å². The van der Waals surface area contributed by atoms with E-state index in [4.69, 9.17) is 10.8 Å². The van der Waals surface area contributed by atoms with Crippen LogP contribution >= 0.6 is 0 Å². The smallest absolute Gasteiger partial charge is 0.354 e. The Kier molecular flexibility index (Phi) is 3.49. The summed E-state index contributed by atoms with van der Waals surface area (Å²) in [5.74, 6) is -0.306. The lowest BCUT2D eigenvalue weighted by atomic mass is 9.71. The molecule has 2 heterocycles. The standard InChI is InChI=1S/C15H21N3O3/c16-11-4-5-12(14(19)20)17-13(11)18-8-7-15(21)6-2-1-3-10(15)9-18/h4-5,10,21H,1-3,6-9,16H2,(H,19,20). The maximum Gasteiger partial charge on any atom is 0.354 e. The van der Waals surface area contributed by atoms with Gasteiger partial charge in [0.2, 0.25) is 0 Å². The molecule has 1 saturated heterocycles. The van der Waals surface area contributed by atoms with Gasteiger partial charge in [0.25, 0.3) is 0 Å². The van der Waals surface area contributed by atoms with Crippen LogP contribution in [0.3, 0.4) is 0 Å². The molecular weight excluding hydrogens is 270 g/mol. The van der Waals surface area contributed by atoms with Gasteiger partial charge in [-0.05, 0) is 31.4 Å². The van der Waals surface area contributed by atoms with E-state index in [9.17, 15) is 9.90 Å². The maximum atomic E-state index is 11.1. The van der Waals surface area contributed by atoms with Crippen LogP contribution in [-0.4, -0.2) is 39.9 Å². The molecule has 3 rings (SSSR count). The summed E-state index contributed by atoms with van der Waals surface area (Å²) in [6.07, 6.45) is 4.78. The number of nitrogen functional groups attached to an aromatic ring is 1. The predicted molar refractivity (Wildman–Crippen MR) is 79.3 cm³/mol. The molecule has 0 radical (unpaired) electrons. The van der Waals surface area contributed by atoms with Gasteiger partial charge in [-0.25, -0.2) is 9.78 Å². The number of anilines is 2. The Balaban J connectivity index is 1.85. The summed E-state index contributed by atoms with van der Waals surface area (Å²) in [5.41, 5.74) is 5.89. The molecule has 4 N–H and O–H groups in total. The molecule has 2 atom stereocenters. The first-order valence-corrected chi connectivity index (χ1v) is 7.47. The second-order valence-electron chi connectivity index (χ2n) is 6.16. The molecule has 2 fully saturated rings. The minimum atomic E-state index is -1.05. The zero-order valence-electron chi connectivity index (χ0n) is 12.0. The first kappa shape index (κ1) is 14.1. The van der Waals surface area contributed by atoms with E-state index in [1.165, 1.54) is 6.07 Å². The number of hydrogen-bond acceptors (Lipinski definition) is 5. The van der Waals surface area contributed by atoms with Crippen molar-refractivity contribution >= 4 is 17.5 Å². The summed E-state index contributed by atoms with van der Waals surface area (Å²) < 4.78 is 0. The number of nitrogens with zero attached hydrogens (tertiary/aromatic N) is 2. The van der Waals surface area contributed by atoms with Crippen LogP contribution in [0.1, 0.15) is 42.6 Å². The van der Waals surface area contributed by atoms with Gasteiger partial charge in [0.15, 0.2) is 11.5 Å². The molecule has 114 valence electrons. The number of rotatable bonds is 2. The summed E-state index contributed by atoms with van der Waals surface area (Å²) in [4.78, 5) is 17.3. The number of carbonyl (C=O) groups is 1. The van der Waals surface area contributed by atoms with E-state index >= 15 is 0 Å². The largest absolute Gasteiger partial charge is 0.477 e. The number of aliphatic hydroxyl groups is 1. The van der Waals surface area contributed by atoms with Gasteiger partial charge in [-0.1, -0.05) is 12.8 Å². The molecule has 21 heavy (non-hydrogen) atoms. The molecule has 2 unspecified atom stereocenters. The Morgan fingerprint density at radius 2 is 2.19 bits per heavy atom. The highest BCUT2D eigenvalue weighted by atomic mass is 16.4. The number of pyridine rings is 1. The van der Waals surface area contributed by atoms with E-state index < -0.39 is 11.6 Å². The second kappa shape index (κ2) is 5.18. The Hall–Kier alpha value is -1.82. The van der Waals surface area contributed by atoms with Crippen molar-refractivity contribution in [3.05, 3.63) is 17.8 Å². The van der Waals surface area contributed by atoms with Crippen LogP contribution in [0.4, 0.5) is 11.5 Å². The van der Waals surface area contributed by atoms with Crippen molar-refractivity contribution in [1.82, 2.24) is 4.98 Å². The van der Waals surface area contributed by atoms with Gasteiger partial charge < -0.3 is 20.8 Å². The van der Waals surface area contributed by atoms with E-state index in [0.29, 0.717) is 31.0 Å². The molecular formula is C15H21N3O3. The minimum absolute atomic E-state index is 0.00341. The van der Waals surface area contributed by atoms with Crippen LogP contribution in [0.5, 0.6) is 0 Å². The topological polar surface area (TPSA) is 99.7 Å². The summed E-state index contributed by atoms with van der Waals surface area (Å²) in [6, 6.07) is 3.01. The average Bonchev–Trinajstić information content (AvgIpc) is 2.46. The summed E-state index contributed by atoms with van der Waals surface area (Å²) in [6.45, 7) is 1.35. The zero-order valence-corrected chi connectivity index (χ0v) is 12.0. The molecule has 6 nitrogen and oxygen atoms in total. The van der Waals surface area contributed by atoms with Crippen molar-refractivity contribution < 1.29 is 15.0 Å². The fourth-order valence-electron chi connectivity index (χ4n) is 3.59.